The van der Waals surface area contributed by atoms with Gasteiger partial charge in [-0.3, -0.25) is 9.69 Å². The maximum Gasteiger partial charge on any atom is 0.245 e. The van der Waals surface area contributed by atoms with Gasteiger partial charge in [0.05, 0.1) is 24.7 Å². The summed E-state index contributed by atoms with van der Waals surface area (Å²) in [5.74, 6) is 0.928. The van der Waals surface area contributed by atoms with E-state index in [1.165, 1.54) is 17.4 Å². The van der Waals surface area contributed by atoms with Gasteiger partial charge < -0.3 is 14.6 Å². The molecule has 0 radical (unpaired) electrons. The molecule has 1 N–H and O–H groups in total. The Morgan fingerprint density at radius 2 is 1.91 bits per heavy atom. The number of hydrogen-bond donors (Lipinski definition) is 1. The summed E-state index contributed by atoms with van der Waals surface area (Å²) in [6.07, 6.45) is 6.28. The fourth-order valence-electron chi connectivity index (χ4n) is 5.71. The number of aromatic amines is 1. The molecular formula is C27H30BrN3O2S. The fourth-order valence-corrected chi connectivity index (χ4v) is 6.35. The lowest BCUT2D eigenvalue weighted by molar-refractivity contribution is -0.135. The maximum atomic E-state index is 14.0. The van der Waals surface area contributed by atoms with E-state index in [1.807, 2.05) is 17.0 Å². The first kappa shape index (κ1) is 23.5. The Bertz CT molecular complexity index is 1200. The number of aromatic nitrogens is 1. The second-order valence-electron chi connectivity index (χ2n) is 9.41. The van der Waals surface area contributed by atoms with Crippen molar-refractivity contribution in [2.24, 2.45) is 0 Å². The van der Waals surface area contributed by atoms with E-state index in [0.29, 0.717) is 6.42 Å². The van der Waals surface area contributed by atoms with E-state index in [0.717, 1.165) is 52.7 Å². The minimum absolute atomic E-state index is 0.0758. The molecule has 0 saturated heterocycles. The first-order chi connectivity index (χ1) is 16.5. The van der Waals surface area contributed by atoms with Gasteiger partial charge in [-0.1, -0.05) is 59.5 Å². The van der Waals surface area contributed by atoms with Gasteiger partial charge in [-0.25, -0.2) is 0 Å². The molecule has 1 aliphatic carbocycles. The lowest BCUT2D eigenvalue weighted by Crippen LogP contribution is -2.54. The third-order valence-corrected chi connectivity index (χ3v) is 8.24. The lowest BCUT2D eigenvalue weighted by Gasteiger charge is -2.42. The fraction of sp³-hybridized carbons (Fsp3) is 0.407. The molecular weight excluding hydrogens is 510 g/mol. The summed E-state index contributed by atoms with van der Waals surface area (Å²) >= 11 is 9.01. The van der Waals surface area contributed by atoms with Crippen LogP contribution in [0.3, 0.4) is 0 Å². The van der Waals surface area contributed by atoms with Crippen LogP contribution in [0.4, 0.5) is 0 Å². The van der Waals surface area contributed by atoms with Gasteiger partial charge in [0, 0.05) is 27.1 Å². The Morgan fingerprint density at radius 1 is 1.18 bits per heavy atom. The molecule has 1 saturated carbocycles. The molecule has 2 heterocycles. The molecule has 2 aromatic carbocycles. The molecule has 34 heavy (non-hydrogen) atoms. The van der Waals surface area contributed by atoms with Crippen molar-refractivity contribution < 1.29 is 9.53 Å². The Balaban J connectivity index is 1.59. The molecule has 0 bridgehead atoms. The average molecular weight is 541 g/mol. The average Bonchev–Trinajstić information content (AvgIpc) is 3.22. The van der Waals surface area contributed by atoms with E-state index < -0.39 is 0 Å². The van der Waals surface area contributed by atoms with E-state index in [2.05, 4.69) is 63.2 Å². The number of likely N-dealkylation sites (N-methyl/N-ethyl adjacent to an activating group) is 1. The quantitative estimate of drug-likeness (QED) is 0.403. The number of ether oxygens (including phenoxy) is 1. The molecule has 178 valence electrons. The van der Waals surface area contributed by atoms with E-state index in [-0.39, 0.29) is 24.0 Å². The second-order valence-corrected chi connectivity index (χ2v) is 10.5. The first-order valence-electron chi connectivity index (χ1n) is 11.9. The third kappa shape index (κ3) is 4.18. The predicted octanol–water partition coefficient (Wildman–Crippen LogP) is 6.00. The number of halogens is 1. The number of rotatable bonds is 5. The standard InChI is InChI=1S/C27H30BrN3O2S/c1-30-24(27(32)31(16-34)19-6-4-3-5-7-19)15-22-21-14-18(28)10-13-23(21)29-25(22)26(30)17-8-11-20(33-2)12-9-17/h8-14,16,19,24,26,29H,3-7,15H2,1-2H3. The predicted molar refractivity (Wildman–Crippen MR) is 143 cm³/mol. The van der Waals surface area contributed by atoms with E-state index in [1.54, 1.807) is 12.6 Å². The van der Waals surface area contributed by atoms with E-state index >= 15 is 0 Å². The second kappa shape index (κ2) is 9.80. The van der Waals surface area contributed by atoms with Crippen molar-refractivity contribution >= 4 is 50.4 Å². The largest absolute Gasteiger partial charge is 0.497 e. The molecule has 5 rings (SSSR count). The van der Waals surface area contributed by atoms with Gasteiger partial charge in [0.25, 0.3) is 0 Å². The number of fused-ring (bicyclic) bond motifs is 3. The van der Waals surface area contributed by atoms with Crippen molar-refractivity contribution in [2.75, 3.05) is 14.2 Å². The van der Waals surface area contributed by atoms with Gasteiger partial charge in [0.2, 0.25) is 5.91 Å². The summed E-state index contributed by atoms with van der Waals surface area (Å²) in [5.41, 5.74) is 6.17. The van der Waals surface area contributed by atoms with E-state index in [4.69, 9.17) is 17.0 Å². The molecule has 1 aliphatic heterocycles. The van der Waals surface area contributed by atoms with Gasteiger partial charge >= 0.3 is 0 Å². The molecule has 1 amide bonds. The lowest BCUT2D eigenvalue weighted by atomic mass is 9.87. The summed E-state index contributed by atoms with van der Waals surface area (Å²) < 4.78 is 6.42. The van der Waals surface area contributed by atoms with Crippen LogP contribution in [0.2, 0.25) is 0 Å². The summed E-state index contributed by atoms with van der Waals surface area (Å²) in [4.78, 5) is 21.7. The van der Waals surface area contributed by atoms with Gasteiger partial charge in [0.1, 0.15) is 5.75 Å². The number of carbonyl (C=O) groups excluding carboxylic acids is 1. The number of H-pyrrole nitrogens is 1. The smallest absolute Gasteiger partial charge is 0.245 e. The number of amides is 1. The normalized spacial score (nSPS) is 21.3. The highest BCUT2D eigenvalue weighted by Gasteiger charge is 2.41. The number of nitrogens with zero attached hydrogens (tertiary/aromatic N) is 2. The van der Waals surface area contributed by atoms with Crippen molar-refractivity contribution in [1.29, 1.82) is 0 Å². The highest BCUT2D eigenvalue weighted by Crippen LogP contribution is 2.41. The van der Waals surface area contributed by atoms with Gasteiger partial charge in [-0.15, -0.1) is 0 Å². The number of thiocarbonyl (C=S) groups is 1. The highest BCUT2D eigenvalue weighted by molar-refractivity contribution is 9.10. The minimum Gasteiger partial charge on any atom is -0.497 e. The number of carbonyl (C=O) groups is 1. The molecule has 5 nitrogen and oxygen atoms in total. The van der Waals surface area contributed by atoms with Gasteiger partial charge in [0.15, 0.2) is 0 Å². The molecule has 1 fully saturated rings. The Kier molecular flexibility index (Phi) is 6.78. The Hall–Kier alpha value is -2.22. The zero-order valence-electron chi connectivity index (χ0n) is 19.6. The monoisotopic (exact) mass is 539 g/mol. The third-order valence-electron chi connectivity index (χ3n) is 7.52. The zero-order valence-corrected chi connectivity index (χ0v) is 22.0. The van der Waals surface area contributed by atoms with Gasteiger partial charge in [-0.2, -0.15) is 0 Å². The van der Waals surface area contributed by atoms with Crippen molar-refractivity contribution in [3.8, 4) is 5.75 Å². The maximum absolute atomic E-state index is 14.0. The molecule has 3 aromatic rings. The molecule has 2 atom stereocenters. The van der Waals surface area contributed by atoms with Crippen molar-refractivity contribution in [2.45, 2.75) is 56.7 Å². The van der Waals surface area contributed by atoms with Gasteiger partial charge in [-0.05, 0) is 67.8 Å². The summed E-state index contributed by atoms with van der Waals surface area (Å²) in [6.45, 7) is 0. The Morgan fingerprint density at radius 3 is 2.59 bits per heavy atom. The molecule has 2 aliphatic rings. The SMILES string of the molecule is COc1ccc(C2c3[nH]c4ccc(Br)cc4c3CC(C(=O)N(C=S)C3CCCCC3)N2C)cc1. The number of nitrogens with one attached hydrogen (secondary N) is 1. The van der Waals surface area contributed by atoms with Crippen LogP contribution in [0.1, 0.15) is 55.0 Å². The molecule has 1 aromatic heterocycles. The Labute approximate surface area is 214 Å². The van der Waals surface area contributed by atoms with Crippen LogP contribution < -0.4 is 4.74 Å². The van der Waals surface area contributed by atoms with Crippen molar-refractivity contribution in [1.82, 2.24) is 14.8 Å². The summed E-state index contributed by atoms with van der Waals surface area (Å²) in [6, 6.07) is 14.3. The summed E-state index contributed by atoms with van der Waals surface area (Å²) in [7, 11) is 3.74. The van der Waals surface area contributed by atoms with Crippen LogP contribution >= 0.6 is 28.1 Å². The number of hydrogen-bond acceptors (Lipinski definition) is 4. The first-order valence-corrected chi connectivity index (χ1v) is 13.2. The van der Waals surface area contributed by atoms with Crippen LogP contribution in [0.25, 0.3) is 10.9 Å². The highest BCUT2D eigenvalue weighted by atomic mass is 79.9. The molecule has 2 unspecified atom stereocenters. The van der Waals surface area contributed by atoms with Crippen molar-refractivity contribution in [3.63, 3.8) is 0 Å². The minimum atomic E-state index is -0.293. The van der Waals surface area contributed by atoms with Crippen LogP contribution in [-0.2, 0) is 11.2 Å². The van der Waals surface area contributed by atoms with Crippen molar-refractivity contribution in [3.05, 3.63) is 63.8 Å². The van der Waals surface area contributed by atoms with Crippen LogP contribution in [-0.4, -0.2) is 52.4 Å². The molecule has 0 spiro atoms. The number of benzene rings is 2. The van der Waals surface area contributed by atoms with Crippen LogP contribution in [0.5, 0.6) is 5.75 Å². The van der Waals surface area contributed by atoms with Crippen LogP contribution in [0.15, 0.2) is 46.9 Å². The van der Waals surface area contributed by atoms with E-state index in [9.17, 15) is 4.79 Å². The number of methoxy groups -OCH3 is 1. The topological polar surface area (TPSA) is 48.6 Å². The van der Waals surface area contributed by atoms with Crippen LogP contribution in [0, 0.1) is 0 Å². The molecule has 7 heteroatoms. The zero-order chi connectivity index (χ0) is 23.8. The summed E-state index contributed by atoms with van der Waals surface area (Å²) in [5, 5.41) is 1.17.